The third-order valence-electron chi connectivity index (χ3n) is 5.27. The van der Waals surface area contributed by atoms with E-state index < -0.39 is 0 Å². The van der Waals surface area contributed by atoms with Gasteiger partial charge in [-0.05, 0) is 42.1 Å². The molecule has 0 saturated heterocycles. The van der Waals surface area contributed by atoms with E-state index in [4.69, 9.17) is 5.11 Å². The van der Waals surface area contributed by atoms with Crippen molar-refractivity contribution in [2.45, 2.75) is 53.9 Å². The Labute approximate surface area is 226 Å². The van der Waals surface area contributed by atoms with Crippen LogP contribution in [0.5, 0.6) is 0 Å². The van der Waals surface area contributed by atoms with E-state index in [1.165, 1.54) is 51.6 Å². The first kappa shape index (κ1) is 28.6. The summed E-state index contributed by atoms with van der Waals surface area (Å²) in [6, 6.07) is 21.1. The average Bonchev–Trinajstić information content (AvgIpc) is 3.15. The molecule has 2 aromatic carbocycles. The fourth-order valence-electron chi connectivity index (χ4n) is 3.69. The summed E-state index contributed by atoms with van der Waals surface area (Å²) in [5, 5.41) is 9.56. The van der Waals surface area contributed by atoms with Crippen molar-refractivity contribution in [1.29, 1.82) is 0 Å². The van der Waals surface area contributed by atoms with Crippen LogP contribution in [0.3, 0.4) is 0 Å². The predicted octanol–water partition coefficient (Wildman–Crippen LogP) is 8.38. The molecule has 3 nitrogen and oxygen atoms in total. The number of hydrogen-bond donors (Lipinski definition) is 1. The molecular weight excluding hydrogens is 631 g/mol. The molecule has 0 fully saturated rings. The van der Waals surface area contributed by atoms with Gasteiger partial charge in [0.1, 0.15) is 0 Å². The molecule has 0 aliphatic heterocycles. The molecule has 0 unspecified atom stereocenters. The van der Waals surface area contributed by atoms with Gasteiger partial charge in [0.2, 0.25) is 0 Å². The number of aliphatic hydroxyl groups is 1. The number of nitrogens with zero attached hydrogens (tertiary/aromatic N) is 1. The minimum absolute atomic E-state index is 0. The molecule has 2 aromatic heterocycles. The van der Waals surface area contributed by atoms with Crippen LogP contribution in [0.1, 0.15) is 51.3 Å². The van der Waals surface area contributed by atoms with Crippen molar-refractivity contribution < 1.29 is 30.0 Å². The van der Waals surface area contributed by atoms with Crippen LogP contribution >= 0.6 is 11.3 Å². The van der Waals surface area contributed by atoms with Crippen molar-refractivity contribution in [3.63, 3.8) is 0 Å². The Balaban J connectivity index is 0.000000476. The van der Waals surface area contributed by atoms with Gasteiger partial charge < -0.3 is 10.1 Å². The maximum absolute atomic E-state index is 10.0. The summed E-state index contributed by atoms with van der Waals surface area (Å²) in [5.74, 6) is -0.0625. The summed E-state index contributed by atoms with van der Waals surface area (Å²) in [5.41, 5.74) is 7.27. The van der Waals surface area contributed by atoms with Crippen molar-refractivity contribution in [2.24, 2.45) is 0 Å². The smallest absolute Gasteiger partial charge is 0.155 e. The first-order chi connectivity index (χ1) is 15.9. The number of carbonyl (C=O) groups excluding carboxylic acids is 1. The van der Waals surface area contributed by atoms with Crippen LogP contribution in [-0.4, -0.2) is 15.9 Å². The molecule has 0 spiro atoms. The van der Waals surface area contributed by atoms with Crippen LogP contribution in [0.25, 0.3) is 31.8 Å². The fraction of sp³-hybridized carbons (Fsp3) is 0.267. The number of pyridine rings is 1. The number of aryl methyl sites for hydroxylation is 2. The van der Waals surface area contributed by atoms with E-state index in [2.05, 4.69) is 94.2 Å². The van der Waals surface area contributed by atoms with E-state index in [0.717, 1.165) is 16.8 Å². The Morgan fingerprint density at radius 3 is 2.20 bits per heavy atom. The van der Waals surface area contributed by atoms with Gasteiger partial charge in [0.05, 0.1) is 5.76 Å². The number of allylic oxidation sites excluding steroid dienone is 2. The molecule has 185 valence electrons. The van der Waals surface area contributed by atoms with E-state index in [9.17, 15) is 4.79 Å². The summed E-state index contributed by atoms with van der Waals surface area (Å²) in [6.07, 6.45) is 3.15. The molecule has 5 heteroatoms. The number of benzene rings is 2. The maximum Gasteiger partial charge on any atom is 0.155 e. The topological polar surface area (TPSA) is 50.2 Å². The number of carbonyl (C=O) groups is 1. The second kappa shape index (κ2) is 11.9. The Morgan fingerprint density at radius 2 is 1.69 bits per heavy atom. The zero-order valence-corrected chi connectivity index (χ0v) is 24.5. The molecule has 35 heavy (non-hydrogen) atoms. The zero-order valence-electron chi connectivity index (χ0n) is 21.3. The Kier molecular flexibility index (Phi) is 9.74. The molecular formula is C30H32IrNO2S-. The molecule has 1 radical (unpaired) electrons. The first-order valence-electron chi connectivity index (χ1n) is 11.3. The zero-order chi connectivity index (χ0) is 25.0. The van der Waals surface area contributed by atoms with E-state index >= 15 is 0 Å². The molecule has 4 rings (SSSR count). The van der Waals surface area contributed by atoms with Crippen molar-refractivity contribution >= 4 is 27.2 Å². The van der Waals surface area contributed by atoms with Crippen LogP contribution in [0.2, 0.25) is 0 Å². The number of rotatable bonds is 3. The Morgan fingerprint density at radius 1 is 1.03 bits per heavy atom. The van der Waals surface area contributed by atoms with Crippen LogP contribution < -0.4 is 0 Å². The fourth-order valence-corrected chi connectivity index (χ4v) is 4.76. The van der Waals surface area contributed by atoms with E-state index in [1.807, 2.05) is 17.5 Å². The van der Waals surface area contributed by atoms with E-state index in [1.54, 1.807) is 0 Å². The molecule has 0 aliphatic carbocycles. The molecule has 4 aromatic rings. The van der Waals surface area contributed by atoms with Gasteiger partial charge in [0.15, 0.2) is 5.78 Å². The van der Waals surface area contributed by atoms with Gasteiger partial charge in [0, 0.05) is 47.3 Å². The van der Waals surface area contributed by atoms with Crippen LogP contribution in [-0.2, 0) is 30.3 Å². The van der Waals surface area contributed by atoms with Crippen LogP contribution in [0, 0.1) is 19.9 Å². The number of ketones is 1. The molecule has 0 amide bonds. The van der Waals surface area contributed by atoms with Crippen molar-refractivity contribution in [1.82, 2.24) is 4.98 Å². The summed E-state index contributed by atoms with van der Waals surface area (Å²) in [7, 11) is 0. The summed E-state index contributed by atoms with van der Waals surface area (Å²) < 4.78 is 1.27. The van der Waals surface area contributed by atoms with E-state index in [-0.39, 0.29) is 37.1 Å². The van der Waals surface area contributed by atoms with Gasteiger partial charge in [-0.15, -0.1) is 46.2 Å². The standard InChI is InChI=1S/C25H24NS.C5H8O2.Ir/c1-16-10-17(2)12-19(11-16)22-14-24-20(15-26-22)13-23(27-24)18-6-8-21(9-7-18)25(3,4)5;1-4(6)3-5(2)7;/h6-11,13-15H,1-5H3;3,6H,1-2H3;/q-1;;/b;4-3-;. The molecule has 0 aliphatic rings. The normalized spacial score (nSPS) is 11.5. The first-order valence-corrected chi connectivity index (χ1v) is 12.1. The van der Waals surface area contributed by atoms with Crippen molar-refractivity contribution in [3.05, 3.63) is 89.3 Å². The van der Waals surface area contributed by atoms with Gasteiger partial charge in [0.25, 0.3) is 0 Å². The largest absolute Gasteiger partial charge is 0.512 e. The van der Waals surface area contributed by atoms with Gasteiger partial charge in [-0.1, -0.05) is 65.0 Å². The van der Waals surface area contributed by atoms with E-state index in [0.29, 0.717) is 0 Å². The quantitative estimate of drug-likeness (QED) is 0.136. The molecule has 0 bridgehead atoms. The molecule has 0 atom stereocenters. The number of thiophene rings is 1. The third-order valence-corrected chi connectivity index (χ3v) is 6.42. The Bertz CT molecular complexity index is 1320. The molecule has 1 N–H and O–H groups in total. The average molecular weight is 663 g/mol. The molecule has 2 heterocycles. The predicted molar refractivity (Wildman–Crippen MR) is 145 cm³/mol. The second-order valence-corrected chi connectivity index (χ2v) is 10.8. The minimum atomic E-state index is -0.125. The van der Waals surface area contributed by atoms with Crippen LogP contribution in [0.15, 0.2) is 66.6 Å². The summed E-state index contributed by atoms with van der Waals surface area (Å²) in [4.78, 5) is 16.0. The summed E-state index contributed by atoms with van der Waals surface area (Å²) >= 11 is 1.83. The van der Waals surface area contributed by atoms with Crippen LogP contribution in [0.4, 0.5) is 0 Å². The number of aromatic nitrogens is 1. The van der Waals surface area contributed by atoms with Crippen molar-refractivity contribution in [2.75, 3.05) is 0 Å². The molecule has 0 saturated carbocycles. The minimum Gasteiger partial charge on any atom is -0.512 e. The van der Waals surface area contributed by atoms with Crippen molar-refractivity contribution in [3.8, 4) is 21.7 Å². The van der Waals surface area contributed by atoms with Gasteiger partial charge in [-0.25, -0.2) is 0 Å². The monoisotopic (exact) mass is 663 g/mol. The Hall–Kier alpha value is -2.59. The second-order valence-electron chi connectivity index (χ2n) is 9.70. The third kappa shape index (κ3) is 7.96. The maximum atomic E-state index is 10.0. The van der Waals surface area contributed by atoms with Gasteiger partial charge in [-0.3, -0.25) is 4.79 Å². The summed E-state index contributed by atoms with van der Waals surface area (Å²) in [6.45, 7) is 13.8. The van der Waals surface area contributed by atoms with Gasteiger partial charge >= 0.3 is 0 Å². The van der Waals surface area contributed by atoms with Gasteiger partial charge in [-0.2, -0.15) is 0 Å². The SMILES string of the molecule is CC(=O)/C=C(/C)O.Cc1[c-]c(-c2cc3sc(-c4ccc(C(C)(C)C)cc4)cc3cn2)cc(C)c1.[Ir]. The number of aliphatic hydroxyl groups excluding tert-OH is 1. The number of hydrogen-bond acceptors (Lipinski definition) is 4. The number of fused-ring (bicyclic) bond motifs is 1.